The summed E-state index contributed by atoms with van der Waals surface area (Å²) >= 11 is 18.2. The van der Waals surface area contributed by atoms with Gasteiger partial charge in [-0.15, -0.1) is 0 Å². The van der Waals surface area contributed by atoms with Gasteiger partial charge in [0, 0.05) is 34.6 Å². The first-order valence-electron chi connectivity index (χ1n) is 6.73. The van der Waals surface area contributed by atoms with Crippen LogP contribution in [0.2, 0.25) is 15.1 Å². The Bertz CT molecular complexity index is 640. The second-order valence-corrected chi connectivity index (χ2v) is 6.29. The van der Waals surface area contributed by atoms with E-state index in [0.29, 0.717) is 28.2 Å². The molecule has 0 aromatic heterocycles. The number of ether oxygens (including phenoxy) is 1. The molecule has 1 aliphatic rings. The molecule has 0 saturated carbocycles. The van der Waals surface area contributed by atoms with Crippen LogP contribution in [0.1, 0.15) is 23.6 Å². The van der Waals surface area contributed by atoms with Crippen LogP contribution in [0.5, 0.6) is 5.75 Å². The predicted octanol–water partition coefficient (Wildman–Crippen LogP) is 5.26. The lowest BCUT2D eigenvalue weighted by atomic mass is 10.00. The monoisotopic (exact) mass is 341 g/mol. The van der Waals surface area contributed by atoms with Crippen LogP contribution in [0.3, 0.4) is 0 Å². The van der Waals surface area contributed by atoms with E-state index in [-0.39, 0.29) is 6.04 Å². The van der Waals surface area contributed by atoms with Crippen molar-refractivity contribution < 1.29 is 4.74 Å². The molecule has 2 nitrogen and oxygen atoms in total. The molecule has 1 atom stereocenters. The van der Waals surface area contributed by atoms with E-state index in [0.717, 1.165) is 23.3 Å². The molecule has 1 N–H and O–H groups in total. The quantitative estimate of drug-likeness (QED) is 0.821. The van der Waals surface area contributed by atoms with E-state index < -0.39 is 0 Å². The molecule has 1 aliphatic heterocycles. The molecule has 0 radical (unpaired) electrons. The standard InChI is InChI=1S/C16H14Cl3NO/c17-11-6-10(7-12(18)8-11)9-20-15-4-5-21-16-13(15)2-1-3-14(16)19/h1-3,6-8,15,20H,4-5,9H2. The summed E-state index contributed by atoms with van der Waals surface area (Å²) in [6.45, 7) is 1.35. The van der Waals surface area contributed by atoms with Gasteiger partial charge in [0.05, 0.1) is 11.6 Å². The maximum atomic E-state index is 6.18. The summed E-state index contributed by atoms with van der Waals surface area (Å²) in [5.41, 5.74) is 2.16. The molecule has 0 fully saturated rings. The molecular formula is C16H14Cl3NO. The predicted molar refractivity (Wildman–Crippen MR) is 87.6 cm³/mol. The number of fused-ring (bicyclic) bond motifs is 1. The van der Waals surface area contributed by atoms with E-state index >= 15 is 0 Å². The lowest BCUT2D eigenvalue weighted by Gasteiger charge is -2.27. The third kappa shape index (κ3) is 3.46. The van der Waals surface area contributed by atoms with Gasteiger partial charge in [-0.05, 0) is 29.8 Å². The van der Waals surface area contributed by atoms with Crippen molar-refractivity contribution in [2.45, 2.75) is 19.0 Å². The van der Waals surface area contributed by atoms with Gasteiger partial charge < -0.3 is 10.1 Å². The van der Waals surface area contributed by atoms with Crippen LogP contribution < -0.4 is 10.1 Å². The fourth-order valence-electron chi connectivity index (χ4n) is 2.55. The molecule has 0 bridgehead atoms. The van der Waals surface area contributed by atoms with Crippen LogP contribution in [-0.2, 0) is 6.54 Å². The minimum Gasteiger partial charge on any atom is -0.492 e. The van der Waals surface area contributed by atoms with E-state index in [9.17, 15) is 0 Å². The van der Waals surface area contributed by atoms with E-state index in [1.165, 1.54) is 0 Å². The average molecular weight is 343 g/mol. The molecule has 21 heavy (non-hydrogen) atoms. The lowest BCUT2D eigenvalue weighted by molar-refractivity contribution is 0.252. The Labute approximate surface area is 139 Å². The third-order valence-corrected chi connectivity index (χ3v) is 4.23. The highest BCUT2D eigenvalue weighted by Crippen LogP contribution is 2.37. The SMILES string of the molecule is Clc1cc(Cl)cc(CNC2CCOc3c(Cl)cccc32)c1. The summed E-state index contributed by atoms with van der Waals surface area (Å²) in [7, 11) is 0. The molecule has 0 amide bonds. The third-order valence-electron chi connectivity index (χ3n) is 3.50. The molecule has 110 valence electrons. The summed E-state index contributed by atoms with van der Waals surface area (Å²) < 4.78 is 5.66. The van der Waals surface area contributed by atoms with Crippen LogP contribution in [0, 0.1) is 0 Å². The van der Waals surface area contributed by atoms with Crippen molar-refractivity contribution in [1.82, 2.24) is 5.32 Å². The van der Waals surface area contributed by atoms with Crippen molar-refractivity contribution >= 4 is 34.8 Å². The lowest BCUT2D eigenvalue weighted by Crippen LogP contribution is -2.26. The largest absolute Gasteiger partial charge is 0.492 e. The number of hydrogen-bond donors (Lipinski definition) is 1. The number of nitrogens with one attached hydrogen (secondary N) is 1. The number of halogens is 3. The molecule has 0 spiro atoms. The Morgan fingerprint density at radius 3 is 2.62 bits per heavy atom. The van der Waals surface area contributed by atoms with Crippen molar-refractivity contribution in [2.75, 3.05) is 6.61 Å². The highest BCUT2D eigenvalue weighted by atomic mass is 35.5. The van der Waals surface area contributed by atoms with Gasteiger partial charge in [-0.3, -0.25) is 0 Å². The number of benzene rings is 2. The molecular weight excluding hydrogens is 329 g/mol. The van der Waals surface area contributed by atoms with Crippen LogP contribution in [-0.4, -0.2) is 6.61 Å². The normalized spacial score (nSPS) is 17.2. The highest BCUT2D eigenvalue weighted by molar-refractivity contribution is 6.34. The molecule has 2 aromatic rings. The van der Waals surface area contributed by atoms with Gasteiger partial charge in [0.1, 0.15) is 5.75 Å². The summed E-state index contributed by atoms with van der Waals surface area (Å²) in [4.78, 5) is 0. The number of rotatable bonds is 3. The number of hydrogen-bond acceptors (Lipinski definition) is 2. The molecule has 1 heterocycles. The molecule has 0 saturated heterocycles. The minimum absolute atomic E-state index is 0.213. The van der Waals surface area contributed by atoms with Gasteiger partial charge in [0.2, 0.25) is 0 Å². The van der Waals surface area contributed by atoms with Crippen molar-refractivity contribution in [3.05, 3.63) is 62.6 Å². The summed E-state index contributed by atoms with van der Waals surface area (Å²) in [6.07, 6.45) is 0.904. The average Bonchev–Trinajstić information content (AvgIpc) is 2.45. The Balaban J connectivity index is 1.76. The zero-order valence-corrected chi connectivity index (χ0v) is 13.5. The maximum absolute atomic E-state index is 6.18. The van der Waals surface area contributed by atoms with Crippen molar-refractivity contribution in [1.29, 1.82) is 0 Å². The van der Waals surface area contributed by atoms with Crippen LogP contribution in [0.25, 0.3) is 0 Å². The Morgan fingerprint density at radius 1 is 1.10 bits per heavy atom. The summed E-state index contributed by atoms with van der Waals surface area (Å²) in [6, 6.07) is 11.6. The fourth-order valence-corrected chi connectivity index (χ4v) is 3.36. The minimum atomic E-state index is 0.213. The smallest absolute Gasteiger partial charge is 0.142 e. The topological polar surface area (TPSA) is 21.3 Å². The second kappa shape index (κ2) is 6.45. The summed E-state index contributed by atoms with van der Waals surface area (Å²) in [5.74, 6) is 0.784. The van der Waals surface area contributed by atoms with Crippen molar-refractivity contribution in [3.63, 3.8) is 0 Å². The van der Waals surface area contributed by atoms with E-state index in [2.05, 4.69) is 5.32 Å². The van der Waals surface area contributed by atoms with Gasteiger partial charge in [-0.1, -0.05) is 46.9 Å². The van der Waals surface area contributed by atoms with Crippen molar-refractivity contribution in [3.8, 4) is 5.75 Å². The molecule has 5 heteroatoms. The van der Waals surface area contributed by atoms with E-state index in [4.69, 9.17) is 39.5 Å². The molecule has 2 aromatic carbocycles. The van der Waals surface area contributed by atoms with E-state index in [1.807, 2.05) is 30.3 Å². The first kappa shape index (κ1) is 15.0. The fraction of sp³-hybridized carbons (Fsp3) is 0.250. The van der Waals surface area contributed by atoms with Gasteiger partial charge in [0.15, 0.2) is 0 Å². The highest BCUT2D eigenvalue weighted by Gasteiger charge is 2.22. The van der Waals surface area contributed by atoms with Crippen LogP contribution in [0.4, 0.5) is 0 Å². The van der Waals surface area contributed by atoms with Crippen molar-refractivity contribution in [2.24, 2.45) is 0 Å². The maximum Gasteiger partial charge on any atom is 0.142 e. The first-order valence-corrected chi connectivity index (χ1v) is 7.86. The van der Waals surface area contributed by atoms with Gasteiger partial charge in [0.25, 0.3) is 0 Å². The molecule has 0 aliphatic carbocycles. The van der Waals surface area contributed by atoms with E-state index in [1.54, 1.807) is 6.07 Å². The molecule has 3 rings (SSSR count). The zero-order valence-electron chi connectivity index (χ0n) is 11.2. The summed E-state index contributed by atoms with van der Waals surface area (Å²) in [5, 5.41) is 5.47. The van der Waals surface area contributed by atoms with Gasteiger partial charge in [-0.25, -0.2) is 0 Å². The Hall–Kier alpha value is -0.930. The Morgan fingerprint density at radius 2 is 1.86 bits per heavy atom. The zero-order chi connectivity index (χ0) is 14.8. The van der Waals surface area contributed by atoms with Crippen LogP contribution >= 0.6 is 34.8 Å². The number of para-hydroxylation sites is 1. The van der Waals surface area contributed by atoms with Crippen LogP contribution in [0.15, 0.2) is 36.4 Å². The van der Waals surface area contributed by atoms with Gasteiger partial charge in [-0.2, -0.15) is 0 Å². The first-order chi connectivity index (χ1) is 10.1. The Kier molecular flexibility index (Phi) is 4.60. The molecule has 1 unspecified atom stereocenters. The van der Waals surface area contributed by atoms with Gasteiger partial charge >= 0.3 is 0 Å². The second-order valence-electron chi connectivity index (χ2n) is 5.01.